The standard InChI is InChI=1S/C26H38N2O3/c1-6-23(30)27(5)18-12-10-17(11-13-18)24(31)28-15-14-26(4)20-8-7-9-21(29)19(20)16-22(28)25(26,2)3/h7-9,17-18,22,29H,6,10-16H2,1-5H3/t17?,18?,22-,26+/m1/s1. The van der Waals surface area contributed by atoms with Crippen molar-refractivity contribution in [1.29, 1.82) is 0 Å². The molecule has 1 aromatic rings. The van der Waals surface area contributed by atoms with Crippen LogP contribution in [0.4, 0.5) is 0 Å². The number of aromatic hydroxyl groups is 1. The highest BCUT2D eigenvalue weighted by Gasteiger charge is 2.57. The second-order valence-corrected chi connectivity index (χ2v) is 10.7. The van der Waals surface area contributed by atoms with E-state index in [1.807, 2.05) is 24.9 Å². The third-order valence-electron chi connectivity index (χ3n) is 9.20. The Labute approximate surface area is 186 Å². The Morgan fingerprint density at radius 3 is 2.48 bits per heavy atom. The predicted molar refractivity (Wildman–Crippen MR) is 122 cm³/mol. The maximum Gasteiger partial charge on any atom is 0.225 e. The summed E-state index contributed by atoms with van der Waals surface area (Å²) in [6.07, 6.45) is 5.69. The number of carbonyl (C=O) groups excluding carboxylic acids is 2. The molecule has 5 heteroatoms. The van der Waals surface area contributed by atoms with Crippen LogP contribution in [0.5, 0.6) is 5.75 Å². The zero-order valence-corrected chi connectivity index (χ0v) is 19.8. The first kappa shape index (κ1) is 22.2. The van der Waals surface area contributed by atoms with Crippen molar-refractivity contribution in [3.05, 3.63) is 29.3 Å². The Morgan fingerprint density at radius 1 is 1.16 bits per heavy atom. The van der Waals surface area contributed by atoms with E-state index < -0.39 is 0 Å². The molecule has 1 N–H and O–H groups in total. The predicted octanol–water partition coefficient (Wildman–Crippen LogP) is 4.26. The van der Waals surface area contributed by atoms with Crippen molar-refractivity contribution in [3.63, 3.8) is 0 Å². The summed E-state index contributed by atoms with van der Waals surface area (Å²) in [6.45, 7) is 9.59. The van der Waals surface area contributed by atoms with Gasteiger partial charge in [-0.1, -0.05) is 39.8 Å². The number of benzene rings is 1. The highest BCUT2D eigenvalue weighted by atomic mass is 16.3. The van der Waals surface area contributed by atoms with Crippen molar-refractivity contribution in [2.45, 2.75) is 90.1 Å². The minimum Gasteiger partial charge on any atom is -0.508 e. The van der Waals surface area contributed by atoms with Crippen molar-refractivity contribution in [2.75, 3.05) is 13.6 Å². The summed E-state index contributed by atoms with van der Waals surface area (Å²) in [6, 6.07) is 6.25. The van der Waals surface area contributed by atoms with Crippen molar-refractivity contribution < 1.29 is 14.7 Å². The fraction of sp³-hybridized carbons (Fsp3) is 0.692. The molecule has 2 bridgehead atoms. The van der Waals surface area contributed by atoms with Crippen LogP contribution in [0.1, 0.15) is 77.3 Å². The average molecular weight is 427 g/mol. The molecule has 1 saturated carbocycles. The number of nitrogens with zero attached hydrogens (tertiary/aromatic N) is 2. The van der Waals surface area contributed by atoms with Crippen LogP contribution in [0.25, 0.3) is 0 Å². The van der Waals surface area contributed by atoms with Crippen LogP contribution >= 0.6 is 0 Å². The maximum absolute atomic E-state index is 13.7. The molecule has 31 heavy (non-hydrogen) atoms. The molecule has 4 rings (SSSR count). The van der Waals surface area contributed by atoms with E-state index in [0.29, 0.717) is 12.2 Å². The van der Waals surface area contributed by atoms with E-state index in [-0.39, 0.29) is 40.6 Å². The number of rotatable bonds is 3. The largest absolute Gasteiger partial charge is 0.508 e. The SMILES string of the molecule is CCC(=O)N(C)C1CCC(C(=O)N2CC[C@@]3(C)c4cccc(O)c4C[C@@H]2C3(C)C)CC1. The summed E-state index contributed by atoms with van der Waals surface area (Å²) in [5, 5.41) is 10.6. The molecular weight excluding hydrogens is 388 g/mol. The molecule has 1 heterocycles. The second kappa shape index (κ2) is 7.83. The van der Waals surface area contributed by atoms with Gasteiger partial charge in [-0.05, 0) is 61.1 Å². The number of carbonyl (C=O) groups is 2. The summed E-state index contributed by atoms with van der Waals surface area (Å²) in [7, 11) is 1.90. The Kier molecular flexibility index (Phi) is 5.60. The summed E-state index contributed by atoms with van der Waals surface area (Å²) >= 11 is 0. The first-order chi connectivity index (χ1) is 14.6. The molecule has 2 fully saturated rings. The number of hydrogen-bond acceptors (Lipinski definition) is 3. The van der Waals surface area contributed by atoms with E-state index in [0.717, 1.165) is 50.6 Å². The number of fused-ring (bicyclic) bond motifs is 4. The Balaban J connectivity index is 1.53. The van der Waals surface area contributed by atoms with Gasteiger partial charge in [0, 0.05) is 43.4 Å². The topological polar surface area (TPSA) is 60.9 Å². The van der Waals surface area contributed by atoms with Crippen LogP contribution in [-0.4, -0.2) is 52.4 Å². The van der Waals surface area contributed by atoms with E-state index in [9.17, 15) is 14.7 Å². The number of phenolic OH excluding ortho intramolecular Hbond substituents is 1. The van der Waals surface area contributed by atoms with Gasteiger partial charge in [0.25, 0.3) is 0 Å². The molecule has 5 nitrogen and oxygen atoms in total. The molecule has 0 aromatic heterocycles. The van der Waals surface area contributed by atoms with E-state index in [1.54, 1.807) is 6.07 Å². The van der Waals surface area contributed by atoms with Gasteiger partial charge in [0.15, 0.2) is 0 Å². The first-order valence-electron chi connectivity index (χ1n) is 12.0. The minimum atomic E-state index is -0.0628. The van der Waals surface area contributed by atoms with Crippen molar-refractivity contribution in [2.24, 2.45) is 11.3 Å². The highest BCUT2D eigenvalue weighted by Crippen LogP contribution is 2.57. The fourth-order valence-corrected chi connectivity index (χ4v) is 6.59. The molecule has 2 aliphatic carbocycles. The number of phenols is 1. The van der Waals surface area contributed by atoms with Crippen molar-refractivity contribution >= 4 is 11.8 Å². The van der Waals surface area contributed by atoms with Gasteiger partial charge >= 0.3 is 0 Å². The summed E-state index contributed by atoms with van der Waals surface area (Å²) in [5.41, 5.74) is 2.16. The monoisotopic (exact) mass is 426 g/mol. The van der Waals surface area contributed by atoms with E-state index >= 15 is 0 Å². The molecule has 0 spiro atoms. The number of likely N-dealkylation sites (tertiary alicyclic amines) is 1. The summed E-state index contributed by atoms with van der Waals surface area (Å²) in [4.78, 5) is 29.8. The number of hydrogen-bond donors (Lipinski definition) is 1. The van der Waals surface area contributed by atoms with Gasteiger partial charge in [-0.25, -0.2) is 0 Å². The number of piperidine rings is 1. The third kappa shape index (κ3) is 3.35. The lowest BCUT2D eigenvalue weighted by Crippen LogP contribution is -2.65. The molecule has 170 valence electrons. The lowest BCUT2D eigenvalue weighted by molar-refractivity contribution is -0.149. The number of amides is 2. The van der Waals surface area contributed by atoms with Gasteiger partial charge in [0.2, 0.25) is 11.8 Å². The van der Waals surface area contributed by atoms with Crippen LogP contribution in [0, 0.1) is 11.3 Å². The summed E-state index contributed by atoms with van der Waals surface area (Å²) < 4.78 is 0. The quantitative estimate of drug-likeness (QED) is 0.786. The molecule has 2 amide bonds. The molecule has 0 radical (unpaired) electrons. The van der Waals surface area contributed by atoms with Crippen molar-refractivity contribution in [1.82, 2.24) is 9.80 Å². The average Bonchev–Trinajstić information content (AvgIpc) is 2.75. The van der Waals surface area contributed by atoms with Gasteiger partial charge < -0.3 is 14.9 Å². The van der Waals surface area contributed by atoms with Crippen molar-refractivity contribution in [3.8, 4) is 5.75 Å². The molecule has 1 aliphatic heterocycles. The van der Waals surface area contributed by atoms with Gasteiger partial charge in [0.05, 0.1) is 0 Å². The second-order valence-electron chi connectivity index (χ2n) is 10.7. The van der Waals surface area contributed by atoms with E-state index in [1.165, 1.54) is 5.56 Å². The smallest absolute Gasteiger partial charge is 0.225 e. The Morgan fingerprint density at radius 2 is 1.84 bits per heavy atom. The van der Waals surface area contributed by atoms with Gasteiger partial charge in [0.1, 0.15) is 5.75 Å². The normalized spacial score (nSPS) is 31.6. The maximum atomic E-state index is 13.7. The van der Waals surface area contributed by atoms with Crippen LogP contribution in [-0.2, 0) is 21.4 Å². The zero-order valence-electron chi connectivity index (χ0n) is 19.8. The molecular formula is C26H38N2O3. The Bertz CT molecular complexity index is 871. The van der Waals surface area contributed by atoms with Crippen LogP contribution in [0.15, 0.2) is 18.2 Å². The van der Waals surface area contributed by atoms with E-state index in [2.05, 4.69) is 31.7 Å². The van der Waals surface area contributed by atoms with Crippen LogP contribution in [0.3, 0.4) is 0 Å². The van der Waals surface area contributed by atoms with Gasteiger partial charge in [-0.2, -0.15) is 0 Å². The fourth-order valence-electron chi connectivity index (χ4n) is 6.59. The minimum absolute atomic E-state index is 0.0484. The lowest BCUT2D eigenvalue weighted by atomic mass is 9.51. The molecule has 2 atom stereocenters. The zero-order chi connectivity index (χ0) is 22.6. The van der Waals surface area contributed by atoms with Gasteiger partial charge in [-0.3, -0.25) is 9.59 Å². The van der Waals surface area contributed by atoms with Crippen LogP contribution in [0.2, 0.25) is 0 Å². The molecule has 0 unspecified atom stereocenters. The van der Waals surface area contributed by atoms with Crippen LogP contribution < -0.4 is 0 Å². The molecule has 1 aromatic carbocycles. The Hall–Kier alpha value is -2.04. The highest BCUT2D eigenvalue weighted by molar-refractivity contribution is 5.80. The first-order valence-corrected chi connectivity index (χ1v) is 12.0. The third-order valence-corrected chi connectivity index (χ3v) is 9.20. The lowest BCUT2D eigenvalue weighted by Gasteiger charge is -2.61. The van der Waals surface area contributed by atoms with E-state index in [4.69, 9.17) is 0 Å². The summed E-state index contributed by atoms with van der Waals surface area (Å²) in [5.74, 6) is 0.879. The molecule has 1 saturated heterocycles. The van der Waals surface area contributed by atoms with Gasteiger partial charge in [-0.15, -0.1) is 0 Å². The molecule has 3 aliphatic rings.